The summed E-state index contributed by atoms with van der Waals surface area (Å²) < 4.78 is 0. The lowest BCUT2D eigenvalue weighted by molar-refractivity contribution is -0.145. The molecule has 2 aliphatic rings. The lowest BCUT2D eigenvalue weighted by Gasteiger charge is -2.45. The fraction of sp³-hybridized carbons (Fsp3) is 0.857. The zero-order valence-electron chi connectivity index (χ0n) is 12.3. The molecule has 2 saturated heterocycles. The molecule has 2 aliphatic heterocycles. The summed E-state index contributed by atoms with van der Waals surface area (Å²) in [7, 11) is 0. The fourth-order valence-electron chi connectivity index (χ4n) is 3.04. The van der Waals surface area contributed by atoms with E-state index >= 15 is 0 Å². The molecule has 0 aromatic heterocycles. The highest BCUT2D eigenvalue weighted by Crippen LogP contribution is 2.26. The molecule has 0 radical (unpaired) electrons. The number of amides is 2. The zero-order chi connectivity index (χ0) is 14.7. The highest BCUT2D eigenvalue weighted by molar-refractivity contribution is 5.76. The van der Waals surface area contributed by atoms with Crippen LogP contribution in [0.2, 0.25) is 0 Å². The molecule has 0 aromatic rings. The van der Waals surface area contributed by atoms with Gasteiger partial charge in [-0.05, 0) is 32.9 Å². The standard InChI is InChI=1S/C14H25N3O3/c1-3-17(12-4-6-15-7-5-12)14(20)16-8-11(9-16)10(2)13(18)19/h10-12,15H,3-9H2,1-2H3,(H,18,19). The van der Waals surface area contributed by atoms with Crippen LogP contribution in [0.5, 0.6) is 0 Å². The molecule has 0 bridgehead atoms. The van der Waals surface area contributed by atoms with Crippen LogP contribution in [0.15, 0.2) is 0 Å². The first-order valence-electron chi connectivity index (χ1n) is 7.53. The molecule has 20 heavy (non-hydrogen) atoms. The van der Waals surface area contributed by atoms with Gasteiger partial charge in [-0.15, -0.1) is 0 Å². The third-order valence-corrected chi connectivity index (χ3v) is 4.61. The molecule has 1 atom stereocenters. The van der Waals surface area contributed by atoms with Gasteiger partial charge in [-0.3, -0.25) is 4.79 Å². The molecule has 6 heteroatoms. The first kappa shape index (κ1) is 15.1. The quantitative estimate of drug-likeness (QED) is 0.801. The molecule has 0 aromatic carbocycles. The van der Waals surface area contributed by atoms with Crippen LogP contribution >= 0.6 is 0 Å². The number of rotatable bonds is 4. The maximum Gasteiger partial charge on any atom is 0.320 e. The van der Waals surface area contributed by atoms with Gasteiger partial charge in [-0.25, -0.2) is 4.79 Å². The van der Waals surface area contributed by atoms with E-state index in [4.69, 9.17) is 5.11 Å². The lowest BCUT2D eigenvalue weighted by atomic mass is 9.87. The van der Waals surface area contributed by atoms with Crippen LogP contribution in [0.25, 0.3) is 0 Å². The minimum Gasteiger partial charge on any atom is -0.481 e. The van der Waals surface area contributed by atoms with Crippen LogP contribution in [-0.2, 0) is 4.79 Å². The predicted molar refractivity (Wildman–Crippen MR) is 75.5 cm³/mol. The number of hydrogen-bond acceptors (Lipinski definition) is 3. The number of hydrogen-bond donors (Lipinski definition) is 2. The summed E-state index contributed by atoms with van der Waals surface area (Å²) in [5, 5.41) is 12.3. The third-order valence-electron chi connectivity index (χ3n) is 4.61. The van der Waals surface area contributed by atoms with Gasteiger partial charge in [-0.1, -0.05) is 6.92 Å². The number of nitrogens with one attached hydrogen (secondary N) is 1. The van der Waals surface area contributed by atoms with Gasteiger partial charge < -0.3 is 20.2 Å². The summed E-state index contributed by atoms with van der Waals surface area (Å²) >= 11 is 0. The van der Waals surface area contributed by atoms with E-state index in [2.05, 4.69) is 5.32 Å². The first-order valence-corrected chi connectivity index (χ1v) is 7.53. The predicted octanol–water partition coefficient (Wildman–Crippen LogP) is 0.833. The van der Waals surface area contributed by atoms with Gasteiger partial charge in [0.25, 0.3) is 0 Å². The van der Waals surface area contributed by atoms with E-state index in [-0.39, 0.29) is 17.9 Å². The molecular formula is C14H25N3O3. The largest absolute Gasteiger partial charge is 0.481 e. The second kappa shape index (κ2) is 6.43. The van der Waals surface area contributed by atoms with Crippen molar-refractivity contribution < 1.29 is 14.7 Å². The van der Waals surface area contributed by atoms with Gasteiger partial charge in [0.15, 0.2) is 0 Å². The van der Waals surface area contributed by atoms with E-state index in [1.165, 1.54) is 0 Å². The first-order chi connectivity index (χ1) is 9.54. The maximum absolute atomic E-state index is 12.5. The number of carboxylic acids is 1. The van der Waals surface area contributed by atoms with E-state index in [9.17, 15) is 9.59 Å². The normalized spacial score (nSPS) is 22.2. The summed E-state index contributed by atoms with van der Waals surface area (Å²) in [6.45, 7) is 7.54. The van der Waals surface area contributed by atoms with Crippen molar-refractivity contribution in [2.45, 2.75) is 32.7 Å². The number of carbonyl (C=O) groups is 2. The number of likely N-dealkylation sites (tertiary alicyclic amines) is 1. The molecule has 2 N–H and O–H groups in total. The number of nitrogens with zero attached hydrogens (tertiary/aromatic N) is 2. The Kier molecular flexibility index (Phi) is 4.86. The second-order valence-corrected chi connectivity index (χ2v) is 5.84. The molecule has 0 spiro atoms. The Balaban J connectivity index is 1.86. The van der Waals surface area contributed by atoms with Crippen LogP contribution in [0.4, 0.5) is 4.79 Å². The summed E-state index contributed by atoms with van der Waals surface area (Å²) in [5.41, 5.74) is 0. The van der Waals surface area contributed by atoms with Crippen molar-refractivity contribution in [3.8, 4) is 0 Å². The van der Waals surface area contributed by atoms with Crippen LogP contribution in [0.1, 0.15) is 26.7 Å². The minimum atomic E-state index is -0.771. The Labute approximate surface area is 120 Å². The van der Waals surface area contributed by atoms with E-state index in [1.807, 2.05) is 11.8 Å². The Morgan fingerprint density at radius 2 is 1.95 bits per heavy atom. The molecular weight excluding hydrogens is 258 g/mol. The number of carbonyl (C=O) groups excluding carboxylic acids is 1. The summed E-state index contributed by atoms with van der Waals surface area (Å²) in [6.07, 6.45) is 2.00. The highest BCUT2D eigenvalue weighted by Gasteiger charge is 2.39. The molecule has 2 rings (SSSR count). The van der Waals surface area contributed by atoms with Crippen LogP contribution in [-0.4, -0.2) is 65.7 Å². The topological polar surface area (TPSA) is 72.9 Å². The fourth-order valence-corrected chi connectivity index (χ4v) is 3.04. The van der Waals surface area contributed by atoms with E-state index in [0.717, 1.165) is 32.5 Å². The van der Waals surface area contributed by atoms with Crippen molar-refractivity contribution in [3.63, 3.8) is 0 Å². The van der Waals surface area contributed by atoms with Gasteiger partial charge in [0, 0.05) is 31.6 Å². The highest BCUT2D eigenvalue weighted by atomic mass is 16.4. The summed E-state index contributed by atoms with van der Waals surface area (Å²) in [4.78, 5) is 27.1. The van der Waals surface area contributed by atoms with Crippen molar-refractivity contribution in [2.24, 2.45) is 11.8 Å². The third kappa shape index (κ3) is 3.06. The maximum atomic E-state index is 12.5. The number of carboxylic acid groups (broad SMARTS) is 1. The second-order valence-electron chi connectivity index (χ2n) is 5.84. The van der Waals surface area contributed by atoms with Gasteiger partial charge in [-0.2, -0.15) is 0 Å². The van der Waals surface area contributed by atoms with Gasteiger partial charge in [0.1, 0.15) is 0 Å². The average Bonchev–Trinajstić information content (AvgIpc) is 2.39. The van der Waals surface area contributed by atoms with Crippen LogP contribution in [0.3, 0.4) is 0 Å². The van der Waals surface area contributed by atoms with Gasteiger partial charge in [0.2, 0.25) is 0 Å². The zero-order valence-corrected chi connectivity index (χ0v) is 12.3. The minimum absolute atomic E-state index is 0.0771. The molecule has 2 fully saturated rings. The smallest absolute Gasteiger partial charge is 0.320 e. The molecule has 6 nitrogen and oxygen atoms in total. The van der Waals surface area contributed by atoms with Gasteiger partial charge >= 0.3 is 12.0 Å². The Morgan fingerprint density at radius 3 is 2.45 bits per heavy atom. The molecule has 1 unspecified atom stereocenters. The molecule has 114 valence electrons. The Morgan fingerprint density at radius 1 is 1.35 bits per heavy atom. The monoisotopic (exact) mass is 283 g/mol. The summed E-state index contributed by atoms with van der Waals surface area (Å²) in [5.74, 6) is -1.04. The summed E-state index contributed by atoms with van der Waals surface area (Å²) in [6, 6.07) is 0.401. The SMILES string of the molecule is CCN(C(=O)N1CC(C(C)C(=O)O)C1)C1CCNCC1. The van der Waals surface area contributed by atoms with Crippen LogP contribution < -0.4 is 5.32 Å². The van der Waals surface area contributed by atoms with Crippen molar-refractivity contribution in [3.05, 3.63) is 0 Å². The number of urea groups is 1. The Hall–Kier alpha value is -1.30. The van der Waals surface area contributed by atoms with E-state index < -0.39 is 5.97 Å². The molecule has 0 aliphatic carbocycles. The average molecular weight is 283 g/mol. The molecule has 2 amide bonds. The van der Waals surface area contributed by atoms with Crippen molar-refractivity contribution in [1.29, 1.82) is 0 Å². The van der Waals surface area contributed by atoms with Crippen molar-refractivity contribution in [2.75, 3.05) is 32.7 Å². The Bertz CT molecular complexity index is 363. The van der Waals surface area contributed by atoms with Crippen molar-refractivity contribution >= 4 is 12.0 Å². The number of piperidine rings is 1. The lowest BCUT2D eigenvalue weighted by Crippen LogP contribution is -2.59. The van der Waals surface area contributed by atoms with E-state index in [1.54, 1.807) is 11.8 Å². The van der Waals surface area contributed by atoms with Gasteiger partial charge in [0.05, 0.1) is 5.92 Å². The molecule has 2 heterocycles. The number of aliphatic carboxylic acids is 1. The molecule has 0 saturated carbocycles. The van der Waals surface area contributed by atoms with Crippen LogP contribution in [0, 0.1) is 11.8 Å². The van der Waals surface area contributed by atoms with E-state index in [0.29, 0.717) is 19.1 Å². The van der Waals surface area contributed by atoms with Crippen molar-refractivity contribution in [1.82, 2.24) is 15.1 Å².